The highest BCUT2D eigenvalue weighted by atomic mass is 127. The number of piperidine rings is 1. The molecule has 1 aromatic rings. The number of rotatable bonds is 6. The normalized spacial score (nSPS) is 16.5. The number of likely N-dealkylation sites (tertiary alicyclic amines) is 1. The van der Waals surface area contributed by atoms with Crippen LogP contribution in [0.5, 0.6) is 0 Å². The van der Waals surface area contributed by atoms with E-state index < -0.39 is 0 Å². The highest BCUT2D eigenvalue weighted by Crippen LogP contribution is 2.11. The molecule has 2 heterocycles. The molecule has 1 saturated heterocycles. The van der Waals surface area contributed by atoms with Crippen molar-refractivity contribution >= 4 is 47.2 Å². The van der Waals surface area contributed by atoms with Crippen LogP contribution in [0.2, 0.25) is 0 Å². The van der Waals surface area contributed by atoms with E-state index in [-0.39, 0.29) is 29.9 Å². The van der Waals surface area contributed by atoms with Gasteiger partial charge in [-0.3, -0.25) is 14.7 Å². The first-order chi connectivity index (χ1) is 11.1. The summed E-state index contributed by atoms with van der Waals surface area (Å²) in [6.45, 7) is 4.90. The van der Waals surface area contributed by atoms with E-state index in [1.54, 1.807) is 18.4 Å². The predicted octanol–water partition coefficient (Wildman–Crippen LogP) is 0.938. The SMILES string of the molecule is CCc1nc(CNC(=NC)NC2CCN(CC(N)=O)CC2)cs1.I. The number of nitrogens with one attached hydrogen (secondary N) is 2. The lowest BCUT2D eigenvalue weighted by atomic mass is 10.1. The number of aryl methyl sites for hydroxylation is 1. The minimum Gasteiger partial charge on any atom is -0.369 e. The first-order valence-corrected chi connectivity index (χ1v) is 8.89. The molecule has 0 unspecified atom stereocenters. The predicted molar refractivity (Wildman–Crippen MR) is 109 cm³/mol. The molecule has 1 aromatic heterocycles. The molecule has 0 aromatic carbocycles. The zero-order valence-electron chi connectivity index (χ0n) is 14.2. The van der Waals surface area contributed by atoms with Gasteiger partial charge in [-0.1, -0.05) is 6.92 Å². The van der Waals surface area contributed by atoms with E-state index in [4.69, 9.17) is 5.73 Å². The molecule has 0 radical (unpaired) electrons. The van der Waals surface area contributed by atoms with Crippen molar-refractivity contribution in [3.05, 3.63) is 16.1 Å². The van der Waals surface area contributed by atoms with E-state index in [1.165, 1.54) is 0 Å². The number of hydrogen-bond donors (Lipinski definition) is 3. The van der Waals surface area contributed by atoms with Crippen LogP contribution >= 0.6 is 35.3 Å². The number of aromatic nitrogens is 1. The second-order valence-corrected chi connectivity index (χ2v) is 6.62. The fourth-order valence-electron chi connectivity index (χ4n) is 2.61. The van der Waals surface area contributed by atoms with Gasteiger partial charge in [-0.25, -0.2) is 4.98 Å². The Balaban J connectivity index is 0.00000288. The number of carbonyl (C=O) groups excluding carboxylic acids is 1. The van der Waals surface area contributed by atoms with Gasteiger partial charge in [0.1, 0.15) is 0 Å². The second-order valence-electron chi connectivity index (χ2n) is 5.67. The average Bonchev–Trinajstić information content (AvgIpc) is 3.00. The number of primary amides is 1. The zero-order valence-corrected chi connectivity index (χ0v) is 17.4. The maximum Gasteiger partial charge on any atom is 0.231 e. The quantitative estimate of drug-likeness (QED) is 0.330. The number of thiazole rings is 1. The van der Waals surface area contributed by atoms with Crippen molar-refractivity contribution in [2.75, 3.05) is 26.7 Å². The summed E-state index contributed by atoms with van der Waals surface area (Å²) < 4.78 is 0. The van der Waals surface area contributed by atoms with Gasteiger partial charge in [-0.2, -0.15) is 0 Å². The van der Waals surface area contributed by atoms with E-state index in [9.17, 15) is 4.79 Å². The van der Waals surface area contributed by atoms with Gasteiger partial charge in [0.25, 0.3) is 0 Å². The summed E-state index contributed by atoms with van der Waals surface area (Å²) in [4.78, 5) is 21.9. The van der Waals surface area contributed by atoms with Crippen molar-refractivity contribution < 1.29 is 4.79 Å². The molecule has 1 amide bonds. The van der Waals surface area contributed by atoms with Crippen molar-refractivity contribution in [3.8, 4) is 0 Å². The van der Waals surface area contributed by atoms with Crippen LogP contribution in [0.15, 0.2) is 10.4 Å². The highest BCUT2D eigenvalue weighted by Gasteiger charge is 2.20. The largest absolute Gasteiger partial charge is 0.369 e. The van der Waals surface area contributed by atoms with Crippen LogP contribution in [-0.4, -0.2) is 54.5 Å². The Morgan fingerprint density at radius 1 is 1.50 bits per heavy atom. The molecule has 136 valence electrons. The molecule has 1 fully saturated rings. The first-order valence-electron chi connectivity index (χ1n) is 8.01. The van der Waals surface area contributed by atoms with Gasteiger partial charge in [0.15, 0.2) is 5.96 Å². The third kappa shape index (κ3) is 6.89. The van der Waals surface area contributed by atoms with E-state index >= 15 is 0 Å². The maximum absolute atomic E-state index is 10.9. The Bertz CT molecular complexity index is 542. The van der Waals surface area contributed by atoms with Crippen molar-refractivity contribution in [2.24, 2.45) is 10.7 Å². The van der Waals surface area contributed by atoms with Crippen LogP contribution in [0, 0.1) is 0 Å². The van der Waals surface area contributed by atoms with Crippen molar-refractivity contribution in [1.29, 1.82) is 0 Å². The highest BCUT2D eigenvalue weighted by molar-refractivity contribution is 14.0. The molecule has 0 aliphatic carbocycles. The summed E-state index contributed by atoms with van der Waals surface area (Å²) in [5, 5.41) is 9.99. The minimum absolute atomic E-state index is 0. The third-order valence-corrected chi connectivity index (χ3v) is 4.91. The number of guanidine groups is 1. The fourth-order valence-corrected chi connectivity index (χ4v) is 3.36. The van der Waals surface area contributed by atoms with Crippen LogP contribution < -0.4 is 16.4 Å². The van der Waals surface area contributed by atoms with Crippen LogP contribution in [-0.2, 0) is 17.8 Å². The van der Waals surface area contributed by atoms with Gasteiger partial charge in [-0.15, -0.1) is 35.3 Å². The number of halogens is 1. The molecule has 7 nitrogen and oxygen atoms in total. The van der Waals surface area contributed by atoms with Gasteiger partial charge in [0.2, 0.25) is 5.91 Å². The second kappa shape index (κ2) is 10.8. The van der Waals surface area contributed by atoms with Crippen LogP contribution in [0.3, 0.4) is 0 Å². The van der Waals surface area contributed by atoms with E-state index in [1.807, 2.05) is 0 Å². The summed E-state index contributed by atoms with van der Waals surface area (Å²) in [6, 6.07) is 0.368. The van der Waals surface area contributed by atoms with E-state index in [2.05, 4.69) is 37.8 Å². The monoisotopic (exact) mass is 466 g/mol. The molecular formula is C15H27IN6OS. The summed E-state index contributed by atoms with van der Waals surface area (Å²) in [6.07, 6.45) is 2.93. The summed E-state index contributed by atoms with van der Waals surface area (Å²) in [7, 11) is 1.77. The van der Waals surface area contributed by atoms with E-state index in [0.29, 0.717) is 19.1 Å². The van der Waals surface area contributed by atoms with Crippen LogP contribution in [0.4, 0.5) is 0 Å². The van der Waals surface area contributed by atoms with Crippen LogP contribution in [0.25, 0.3) is 0 Å². The molecule has 1 aliphatic heterocycles. The topological polar surface area (TPSA) is 95.6 Å². The van der Waals surface area contributed by atoms with Crippen LogP contribution in [0.1, 0.15) is 30.5 Å². The number of nitrogens with zero attached hydrogens (tertiary/aromatic N) is 3. The Morgan fingerprint density at radius 3 is 2.75 bits per heavy atom. The molecule has 24 heavy (non-hydrogen) atoms. The van der Waals surface area contributed by atoms with E-state index in [0.717, 1.165) is 49.0 Å². The molecule has 9 heteroatoms. The van der Waals surface area contributed by atoms with Crippen molar-refractivity contribution in [3.63, 3.8) is 0 Å². The van der Waals surface area contributed by atoms with Gasteiger partial charge in [-0.05, 0) is 19.3 Å². The first kappa shape index (κ1) is 21.1. The molecule has 0 atom stereocenters. The molecule has 2 rings (SSSR count). The average molecular weight is 466 g/mol. The lowest BCUT2D eigenvalue weighted by Crippen LogP contribution is -2.49. The fraction of sp³-hybridized carbons (Fsp3) is 0.667. The number of hydrogen-bond acceptors (Lipinski definition) is 5. The Labute approximate surface area is 164 Å². The summed E-state index contributed by atoms with van der Waals surface area (Å²) in [5.41, 5.74) is 6.28. The Kier molecular flexibility index (Phi) is 9.52. The molecule has 0 saturated carbocycles. The van der Waals surface area contributed by atoms with Gasteiger partial charge >= 0.3 is 0 Å². The summed E-state index contributed by atoms with van der Waals surface area (Å²) in [5.74, 6) is 0.535. The third-order valence-electron chi connectivity index (χ3n) is 3.87. The minimum atomic E-state index is -0.261. The lowest BCUT2D eigenvalue weighted by Gasteiger charge is -2.32. The molecule has 0 spiro atoms. The van der Waals surface area contributed by atoms with Gasteiger partial charge in [0, 0.05) is 31.6 Å². The summed E-state index contributed by atoms with van der Waals surface area (Å²) >= 11 is 1.69. The Hall–Kier alpha value is -0.940. The van der Waals surface area contributed by atoms with Gasteiger partial charge < -0.3 is 16.4 Å². The molecule has 0 bridgehead atoms. The van der Waals surface area contributed by atoms with Gasteiger partial charge in [0.05, 0.1) is 23.8 Å². The maximum atomic E-state index is 10.9. The molecule has 1 aliphatic rings. The molecule has 4 N–H and O–H groups in total. The number of nitrogens with two attached hydrogens (primary N) is 1. The van der Waals surface area contributed by atoms with Crippen molar-refractivity contribution in [1.82, 2.24) is 20.5 Å². The molecular weight excluding hydrogens is 439 g/mol. The number of aliphatic imine (C=N–C) groups is 1. The standard InChI is InChI=1S/C15H26N6OS.HI/c1-3-14-19-12(10-23-14)8-18-15(17-2)20-11-4-6-21(7-5-11)9-13(16)22;/h10-11H,3-9H2,1-2H3,(H2,16,22)(H2,17,18,20);1H. The number of amides is 1. The van der Waals surface area contributed by atoms with Crippen molar-refractivity contribution in [2.45, 2.75) is 38.8 Å². The smallest absolute Gasteiger partial charge is 0.231 e. The lowest BCUT2D eigenvalue weighted by molar-refractivity contribution is -0.119. The Morgan fingerprint density at radius 2 is 2.21 bits per heavy atom. The number of carbonyl (C=O) groups is 1. The zero-order chi connectivity index (χ0) is 16.7.